The van der Waals surface area contributed by atoms with E-state index in [1.807, 2.05) is 31.2 Å². The number of allylic oxidation sites excluding steroid dienone is 2. The average molecular weight is 355 g/mol. The number of nitrogens with two attached hydrogens (primary N) is 1. The van der Waals surface area contributed by atoms with E-state index in [0.717, 1.165) is 11.1 Å². The van der Waals surface area contributed by atoms with E-state index in [9.17, 15) is 9.00 Å². The summed E-state index contributed by atoms with van der Waals surface area (Å²) in [6.45, 7) is 6.07. The standard InChI is InChI=1S/C19H21N3O2S/c1-15(12-20)8-9-16(2)13-21-19(23)17-10-11-22(14-17)25(24)18-6-4-3-5-7-18/h3-12,14H,2,13,20H2,1H3,(H,21,23)/b9-8-,15-12-. The van der Waals surface area contributed by atoms with Crippen molar-refractivity contribution in [3.63, 3.8) is 0 Å². The van der Waals surface area contributed by atoms with Crippen LogP contribution in [0.4, 0.5) is 0 Å². The van der Waals surface area contributed by atoms with Gasteiger partial charge in [0.25, 0.3) is 5.91 Å². The first-order valence-corrected chi connectivity index (χ1v) is 8.80. The van der Waals surface area contributed by atoms with Gasteiger partial charge >= 0.3 is 0 Å². The Morgan fingerprint density at radius 2 is 2.00 bits per heavy atom. The maximum atomic E-state index is 12.4. The van der Waals surface area contributed by atoms with E-state index in [-0.39, 0.29) is 5.91 Å². The van der Waals surface area contributed by atoms with E-state index in [2.05, 4.69) is 11.9 Å². The highest BCUT2D eigenvalue weighted by atomic mass is 32.2. The number of benzene rings is 1. The van der Waals surface area contributed by atoms with Crippen LogP contribution in [0.2, 0.25) is 0 Å². The monoisotopic (exact) mass is 355 g/mol. The summed E-state index contributed by atoms with van der Waals surface area (Å²) in [5, 5.41) is 2.78. The Labute approximate surface area is 150 Å². The fraction of sp³-hybridized carbons (Fsp3) is 0.105. The van der Waals surface area contributed by atoms with Crippen molar-refractivity contribution in [2.75, 3.05) is 6.54 Å². The molecular weight excluding hydrogens is 334 g/mol. The summed E-state index contributed by atoms with van der Waals surface area (Å²) in [5.74, 6) is -0.246. The molecule has 0 aliphatic rings. The Balaban J connectivity index is 1.95. The minimum absolute atomic E-state index is 0.246. The van der Waals surface area contributed by atoms with Crippen molar-refractivity contribution >= 4 is 16.9 Å². The molecule has 0 fully saturated rings. The summed E-state index contributed by atoms with van der Waals surface area (Å²) in [7, 11) is -1.37. The molecule has 1 amide bonds. The zero-order valence-electron chi connectivity index (χ0n) is 14.0. The highest BCUT2D eigenvalue weighted by Gasteiger charge is 2.11. The highest BCUT2D eigenvalue weighted by Crippen LogP contribution is 2.11. The SMILES string of the molecule is C=C(/C=C\C(C)=C/N)CNC(=O)c1ccn(S(=O)c2ccccc2)c1. The van der Waals surface area contributed by atoms with Crippen LogP contribution in [0.1, 0.15) is 17.3 Å². The summed E-state index contributed by atoms with van der Waals surface area (Å²) in [4.78, 5) is 12.9. The molecule has 25 heavy (non-hydrogen) atoms. The molecule has 0 saturated carbocycles. The lowest BCUT2D eigenvalue weighted by Crippen LogP contribution is -2.24. The van der Waals surface area contributed by atoms with Gasteiger partial charge in [-0.3, -0.25) is 8.77 Å². The molecule has 1 unspecified atom stereocenters. The Morgan fingerprint density at radius 1 is 1.28 bits per heavy atom. The van der Waals surface area contributed by atoms with Crippen LogP contribution in [0, 0.1) is 0 Å². The first-order chi connectivity index (χ1) is 12.0. The smallest absolute Gasteiger partial charge is 0.253 e. The highest BCUT2D eigenvalue weighted by molar-refractivity contribution is 7.83. The number of hydrogen-bond donors (Lipinski definition) is 2. The average Bonchev–Trinajstić information content (AvgIpc) is 3.14. The molecule has 0 radical (unpaired) electrons. The fourth-order valence-electron chi connectivity index (χ4n) is 1.93. The quantitative estimate of drug-likeness (QED) is 0.750. The third-order valence-electron chi connectivity index (χ3n) is 3.39. The van der Waals surface area contributed by atoms with Crippen molar-refractivity contribution in [1.29, 1.82) is 0 Å². The maximum absolute atomic E-state index is 12.4. The van der Waals surface area contributed by atoms with Crippen molar-refractivity contribution < 1.29 is 9.00 Å². The Bertz CT molecular complexity index is 835. The van der Waals surface area contributed by atoms with Gasteiger partial charge in [-0.05, 0) is 42.5 Å². The Kier molecular flexibility index (Phi) is 6.54. The van der Waals surface area contributed by atoms with Gasteiger partial charge in [0, 0.05) is 18.9 Å². The number of nitrogens with one attached hydrogen (secondary N) is 1. The van der Waals surface area contributed by atoms with Crippen LogP contribution >= 0.6 is 0 Å². The third kappa shape index (κ3) is 5.32. The van der Waals surface area contributed by atoms with E-state index in [1.54, 1.807) is 36.7 Å². The van der Waals surface area contributed by atoms with Crippen molar-refractivity contribution in [3.05, 3.63) is 90.4 Å². The number of aromatic nitrogens is 1. The number of rotatable bonds is 7. The van der Waals surface area contributed by atoms with E-state index in [4.69, 9.17) is 5.73 Å². The minimum Gasteiger partial charge on any atom is -0.404 e. The van der Waals surface area contributed by atoms with Crippen LogP contribution < -0.4 is 11.1 Å². The van der Waals surface area contributed by atoms with Gasteiger partial charge in [-0.2, -0.15) is 0 Å². The lowest BCUT2D eigenvalue weighted by Gasteiger charge is -2.04. The van der Waals surface area contributed by atoms with E-state index < -0.39 is 11.0 Å². The van der Waals surface area contributed by atoms with Gasteiger partial charge in [-0.25, -0.2) is 4.21 Å². The van der Waals surface area contributed by atoms with Gasteiger partial charge in [0.1, 0.15) is 0 Å². The molecule has 0 bridgehead atoms. The molecule has 2 rings (SSSR count). The van der Waals surface area contributed by atoms with Crippen molar-refractivity contribution in [3.8, 4) is 0 Å². The molecule has 2 aromatic rings. The molecule has 130 valence electrons. The second-order valence-electron chi connectivity index (χ2n) is 5.41. The molecule has 1 atom stereocenters. The maximum Gasteiger partial charge on any atom is 0.253 e. The zero-order valence-corrected chi connectivity index (χ0v) is 14.8. The summed E-state index contributed by atoms with van der Waals surface area (Å²) >= 11 is 0. The van der Waals surface area contributed by atoms with Gasteiger partial charge in [0.15, 0.2) is 11.0 Å². The number of carbonyl (C=O) groups excluding carboxylic acids is 1. The van der Waals surface area contributed by atoms with Crippen LogP contribution in [0.25, 0.3) is 0 Å². The van der Waals surface area contributed by atoms with Crippen molar-refractivity contribution in [2.45, 2.75) is 11.8 Å². The number of carbonyl (C=O) groups is 1. The molecule has 5 nitrogen and oxygen atoms in total. The van der Waals surface area contributed by atoms with Crippen LogP contribution in [-0.4, -0.2) is 20.6 Å². The fourth-order valence-corrected chi connectivity index (χ4v) is 2.95. The molecule has 6 heteroatoms. The Hall–Kier alpha value is -2.86. The summed E-state index contributed by atoms with van der Waals surface area (Å²) in [6, 6.07) is 10.7. The van der Waals surface area contributed by atoms with Gasteiger partial charge in [0.2, 0.25) is 0 Å². The lowest BCUT2D eigenvalue weighted by atomic mass is 10.2. The van der Waals surface area contributed by atoms with Gasteiger partial charge in [-0.1, -0.05) is 36.9 Å². The Morgan fingerprint density at radius 3 is 2.68 bits per heavy atom. The van der Waals surface area contributed by atoms with Crippen LogP contribution in [-0.2, 0) is 11.0 Å². The largest absolute Gasteiger partial charge is 0.404 e. The van der Waals surface area contributed by atoms with E-state index >= 15 is 0 Å². The number of amides is 1. The molecule has 0 spiro atoms. The van der Waals surface area contributed by atoms with Gasteiger partial charge in [-0.15, -0.1) is 0 Å². The zero-order chi connectivity index (χ0) is 18.2. The minimum atomic E-state index is -1.37. The molecule has 1 aromatic carbocycles. The molecule has 0 aliphatic carbocycles. The molecule has 0 aliphatic heterocycles. The van der Waals surface area contributed by atoms with Crippen LogP contribution in [0.15, 0.2) is 89.8 Å². The first-order valence-electron chi connectivity index (χ1n) is 7.69. The molecular formula is C19H21N3O2S. The molecule has 0 saturated heterocycles. The van der Waals surface area contributed by atoms with E-state index in [1.165, 1.54) is 10.2 Å². The number of hydrogen-bond acceptors (Lipinski definition) is 3. The molecule has 1 heterocycles. The first kappa shape index (κ1) is 18.5. The third-order valence-corrected chi connectivity index (χ3v) is 4.67. The van der Waals surface area contributed by atoms with Crippen molar-refractivity contribution in [1.82, 2.24) is 9.29 Å². The molecule has 3 N–H and O–H groups in total. The lowest BCUT2D eigenvalue weighted by molar-refractivity contribution is 0.0957. The topological polar surface area (TPSA) is 77.1 Å². The second kappa shape index (κ2) is 8.84. The predicted molar refractivity (Wildman–Crippen MR) is 101 cm³/mol. The van der Waals surface area contributed by atoms with Crippen molar-refractivity contribution in [2.24, 2.45) is 5.73 Å². The molecule has 1 aromatic heterocycles. The predicted octanol–water partition coefficient (Wildman–Crippen LogP) is 2.76. The summed E-state index contributed by atoms with van der Waals surface area (Å²) in [6.07, 6.45) is 8.32. The summed E-state index contributed by atoms with van der Waals surface area (Å²) in [5.41, 5.74) is 7.49. The normalized spacial score (nSPS) is 12.9. The van der Waals surface area contributed by atoms with Crippen LogP contribution in [0.3, 0.4) is 0 Å². The van der Waals surface area contributed by atoms with Gasteiger partial charge < -0.3 is 11.1 Å². The van der Waals surface area contributed by atoms with Gasteiger partial charge in [0.05, 0.1) is 10.5 Å². The van der Waals surface area contributed by atoms with E-state index in [0.29, 0.717) is 17.0 Å². The second-order valence-corrected chi connectivity index (χ2v) is 6.80. The van der Waals surface area contributed by atoms with Crippen LogP contribution in [0.5, 0.6) is 0 Å². The summed E-state index contributed by atoms with van der Waals surface area (Å²) < 4.78 is 13.9. The number of nitrogens with zero attached hydrogens (tertiary/aromatic N) is 1.